The van der Waals surface area contributed by atoms with Crippen LogP contribution in [0.5, 0.6) is 0 Å². The summed E-state index contributed by atoms with van der Waals surface area (Å²) in [5.41, 5.74) is 1.80. The highest BCUT2D eigenvalue weighted by molar-refractivity contribution is 6.74. The van der Waals surface area contributed by atoms with Crippen LogP contribution in [0.25, 0.3) is 0 Å². The van der Waals surface area contributed by atoms with Crippen LogP contribution in [0.2, 0.25) is 18.1 Å². The maximum atomic E-state index is 11.2. The van der Waals surface area contributed by atoms with Gasteiger partial charge in [0.25, 0.3) is 5.69 Å². The minimum Gasteiger partial charge on any atom is -0.415 e. The van der Waals surface area contributed by atoms with Crippen LogP contribution in [-0.4, -0.2) is 42.9 Å². The molecule has 2 rings (SSSR count). The highest BCUT2D eigenvalue weighted by Gasteiger charge is 2.39. The van der Waals surface area contributed by atoms with Crippen molar-refractivity contribution in [1.82, 2.24) is 4.90 Å². The topological polar surface area (TPSA) is 75.8 Å². The number of hydrogen-bond donors (Lipinski definition) is 1. The van der Waals surface area contributed by atoms with Crippen molar-refractivity contribution < 1.29 is 14.5 Å². The van der Waals surface area contributed by atoms with Crippen molar-refractivity contribution in [2.45, 2.75) is 57.6 Å². The number of nitro groups is 1. The van der Waals surface area contributed by atoms with E-state index in [2.05, 4.69) is 50.9 Å². The smallest absolute Gasteiger partial charge is 0.269 e. The SMILES string of the molecule is CN(Cc1ccccc1)[C@H](CO[Si](C)(C)C(C)(C)C)[C@H](O)c1ccc([N+](=O)[O-])cc1. The summed E-state index contributed by atoms with van der Waals surface area (Å²) < 4.78 is 6.45. The molecule has 0 radical (unpaired) electrons. The first-order valence-electron chi connectivity index (χ1n) is 10.2. The number of benzene rings is 2. The molecule has 0 spiro atoms. The van der Waals surface area contributed by atoms with Crippen molar-refractivity contribution in [3.63, 3.8) is 0 Å². The van der Waals surface area contributed by atoms with E-state index in [4.69, 9.17) is 4.43 Å². The fourth-order valence-electron chi connectivity index (χ4n) is 2.97. The van der Waals surface area contributed by atoms with Crippen molar-refractivity contribution in [3.8, 4) is 0 Å². The van der Waals surface area contributed by atoms with Gasteiger partial charge in [-0.05, 0) is 48.4 Å². The van der Waals surface area contributed by atoms with Gasteiger partial charge in [0.05, 0.1) is 23.7 Å². The van der Waals surface area contributed by atoms with Crippen LogP contribution < -0.4 is 0 Å². The predicted molar refractivity (Wildman–Crippen MR) is 123 cm³/mol. The molecule has 2 aromatic carbocycles. The number of likely N-dealkylation sites (N-methyl/N-ethyl adjacent to an activating group) is 1. The Morgan fingerprint density at radius 1 is 1.10 bits per heavy atom. The molecule has 0 aliphatic rings. The van der Waals surface area contributed by atoms with E-state index in [1.165, 1.54) is 12.1 Å². The summed E-state index contributed by atoms with van der Waals surface area (Å²) in [4.78, 5) is 12.6. The zero-order valence-electron chi connectivity index (χ0n) is 18.8. The van der Waals surface area contributed by atoms with Crippen molar-refractivity contribution in [1.29, 1.82) is 0 Å². The van der Waals surface area contributed by atoms with E-state index in [9.17, 15) is 15.2 Å². The third kappa shape index (κ3) is 6.22. The molecule has 30 heavy (non-hydrogen) atoms. The zero-order valence-corrected chi connectivity index (χ0v) is 19.8. The second kappa shape index (κ2) is 9.83. The van der Waals surface area contributed by atoms with E-state index >= 15 is 0 Å². The van der Waals surface area contributed by atoms with Gasteiger partial charge < -0.3 is 9.53 Å². The summed E-state index contributed by atoms with van der Waals surface area (Å²) in [6, 6.07) is 15.9. The van der Waals surface area contributed by atoms with E-state index in [-0.39, 0.29) is 16.8 Å². The van der Waals surface area contributed by atoms with Gasteiger partial charge in [-0.15, -0.1) is 0 Å². The molecule has 0 fully saturated rings. The molecule has 1 N–H and O–H groups in total. The number of non-ortho nitro benzene ring substituents is 1. The molecular weight excluding hydrogens is 396 g/mol. The minimum atomic E-state index is -2.00. The van der Waals surface area contributed by atoms with Crippen LogP contribution >= 0.6 is 0 Å². The van der Waals surface area contributed by atoms with Gasteiger partial charge in [0.2, 0.25) is 0 Å². The van der Waals surface area contributed by atoms with Crippen LogP contribution in [0, 0.1) is 10.1 Å². The van der Waals surface area contributed by atoms with E-state index in [1.807, 2.05) is 25.2 Å². The third-order valence-electron chi connectivity index (χ3n) is 6.07. The Morgan fingerprint density at radius 2 is 1.67 bits per heavy atom. The normalized spacial score (nSPS) is 14.5. The molecule has 0 aliphatic carbocycles. The van der Waals surface area contributed by atoms with Gasteiger partial charge in [0.1, 0.15) is 0 Å². The first-order chi connectivity index (χ1) is 13.9. The lowest BCUT2D eigenvalue weighted by atomic mass is 10.0. The van der Waals surface area contributed by atoms with Crippen LogP contribution in [0.4, 0.5) is 5.69 Å². The van der Waals surface area contributed by atoms with Gasteiger partial charge in [-0.25, -0.2) is 0 Å². The van der Waals surface area contributed by atoms with Crippen molar-refractivity contribution in [2.24, 2.45) is 0 Å². The second-order valence-electron chi connectivity index (χ2n) is 9.33. The maximum absolute atomic E-state index is 11.2. The number of nitro benzene ring substituents is 1. The molecule has 0 saturated heterocycles. The Labute approximate surface area is 180 Å². The highest BCUT2D eigenvalue weighted by Crippen LogP contribution is 2.37. The van der Waals surface area contributed by atoms with Gasteiger partial charge in [-0.1, -0.05) is 51.1 Å². The molecule has 0 heterocycles. The fraction of sp³-hybridized carbons (Fsp3) is 0.478. The van der Waals surface area contributed by atoms with Gasteiger partial charge in [-0.3, -0.25) is 15.0 Å². The lowest BCUT2D eigenvalue weighted by Crippen LogP contribution is -2.47. The van der Waals surface area contributed by atoms with Crippen LogP contribution in [0.15, 0.2) is 54.6 Å². The molecule has 0 unspecified atom stereocenters. The fourth-order valence-corrected chi connectivity index (χ4v) is 3.99. The van der Waals surface area contributed by atoms with Gasteiger partial charge in [0.15, 0.2) is 8.32 Å². The molecule has 0 aromatic heterocycles. The molecule has 0 amide bonds. The van der Waals surface area contributed by atoms with Gasteiger partial charge >= 0.3 is 0 Å². The van der Waals surface area contributed by atoms with E-state index in [0.717, 1.165) is 5.56 Å². The van der Waals surface area contributed by atoms with Crippen molar-refractivity contribution >= 4 is 14.0 Å². The Kier molecular flexibility index (Phi) is 7.93. The van der Waals surface area contributed by atoms with Crippen molar-refractivity contribution in [3.05, 3.63) is 75.8 Å². The van der Waals surface area contributed by atoms with Crippen molar-refractivity contribution in [2.75, 3.05) is 13.7 Å². The van der Waals surface area contributed by atoms with Gasteiger partial charge in [0, 0.05) is 18.7 Å². The Morgan fingerprint density at radius 3 is 2.17 bits per heavy atom. The van der Waals surface area contributed by atoms with Gasteiger partial charge in [-0.2, -0.15) is 0 Å². The number of aliphatic hydroxyl groups is 1. The maximum Gasteiger partial charge on any atom is 0.269 e. The lowest BCUT2D eigenvalue weighted by Gasteiger charge is -2.40. The summed E-state index contributed by atoms with van der Waals surface area (Å²) in [5.74, 6) is 0. The largest absolute Gasteiger partial charge is 0.415 e. The standard InChI is InChI=1S/C23H34N2O4Si/c1-23(2,3)30(5,6)29-17-21(24(4)16-18-10-8-7-9-11-18)22(26)19-12-14-20(15-13-19)25(27)28/h7-15,21-22,26H,16-17H2,1-6H3/t21-,22-/m1/s1. The molecule has 0 aliphatic heterocycles. The Bertz CT molecular complexity index is 819. The summed E-state index contributed by atoms with van der Waals surface area (Å²) in [6.45, 7) is 12.0. The number of hydrogen-bond acceptors (Lipinski definition) is 5. The first kappa shape index (κ1) is 24.2. The van der Waals surface area contributed by atoms with Crippen LogP contribution in [-0.2, 0) is 11.0 Å². The molecule has 2 atom stereocenters. The molecule has 6 nitrogen and oxygen atoms in total. The Balaban J connectivity index is 2.25. The average Bonchev–Trinajstić information content (AvgIpc) is 2.67. The second-order valence-corrected chi connectivity index (χ2v) is 14.1. The summed E-state index contributed by atoms with van der Waals surface area (Å²) >= 11 is 0. The molecule has 0 saturated carbocycles. The quantitative estimate of drug-likeness (QED) is 0.338. The number of aliphatic hydroxyl groups excluding tert-OH is 1. The zero-order chi connectivity index (χ0) is 22.5. The van der Waals surface area contributed by atoms with E-state index < -0.39 is 19.3 Å². The lowest BCUT2D eigenvalue weighted by molar-refractivity contribution is -0.384. The van der Waals surface area contributed by atoms with Crippen LogP contribution in [0.1, 0.15) is 38.0 Å². The molecule has 0 bridgehead atoms. The van der Waals surface area contributed by atoms with Crippen LogP contribution in [0.3, 0.4) is 0 Å². The molecule has 164 valence electrons. The highest BCUT2D eigenvalue weighted by atomic mass is 28.4. The molecule has 7 heteroatoms. The third-order valence-corrected chi connectivity index (χ3v) is 10.6. The van der Waals surface area contributed by atoms with E-state index in [0.29, 0.717) is 18.7 Å². The number of rotatable bonds is 9. The first-order valence-corrected chi connectivity index (χ1v) is 13.1. The Hall–Kier alpha value is -2.06. The molecular formula is C23H34N2O4Si. The summed E-state index contributed by atoms with van der Waals surface area (Å²) in [6.07, 6.45) is -0.829. The minimum absolute atomic E-state index is 0.0117. The number of nitrogens with zero attached hydrogens (tertiary/aromatic N) is 2. The predicted octanol–water partition coefficient (Wildman–Crippen LogP) is 5.15. The summed E-state index contributed by atoms with van der Waals surface area (Å²) in [5, 5.41) is 22.2. The van der Waals surface area contributed by atoms with E-state index in [1.54, 1.807) is 12.1 Å². The molecule has 2 aromatic rings. The monoisotopic (exact) mass is 430 g/mol. The average molecular weight is 431 g/mol. The summed E-state index contributed by atoms with van der Waals surface area (Å²) in [7, 11) is -0.0298.